The lowest BCUT2D eigenvalue weighted by atomic mass is 9.70. The van der Waals surface area contributed by atoms with E-state index >= 15 is 0 Å². The van der Waals surface area contributed by atoms with Crippen LogP contribution < -0.4 is 14.4 Å². The highest BCUT2D eigenvalue weighted by atomic mass is 35.5. The SMILES string of the molecule is CCCc1cc(Cl)ccc1C1COc2ccc3cc2N(C1)CC1CCC1CCCCC(C)C(C)S(=O)NC3=O.COCCN1CCCN(C)CC1=O. The first kappa shape index (κ1) is 40.5. The summed E-state index contributed by atoms with van der Waals surface area (Å²) in [5.74, 6) is 2.67. The second kappa shape index (κ2) is 19.6. The molecule has 1 saturated heterocycles. The van der Waals surface area contributed by atoms with Gasteiger partial charge >= 0.3 is 0 Å². The standard InChI is InChI=1S/C32H43ClN2O3S.C9H18N2O2/c1-4-7-24-16-28(33)13-14-29(24)27-19-35-18-26-11-10-23(26)9-6-5-8-21(2)22(3)39(37)34-32(36)25-12-15-31(38-20-27)30(35)17-25;1-10-4-3-5-11(6-7-13-2)9(12)8-10/h12-17,21-23,26-27H,4-11,18-20H2,1-3H3,(H,34,36);3-8H2,1-2H3. The Morgan fingerprint density at radius 2 is 1.77 bits per heavy atom. The highest BCUT2D eigenvalue weighted by molar-refractivity contribution is 7.84. The van der Waals surface area contributed by atoms with Crippen molar-refractivity contribution in [3.8, 4) is 5.75 Å². The highest BCUT2D eigenvalue weighted by Gasteiger charge is 2.35. The van der Waals surface area contributed by atoms with Gasteiger partial charge in [0.1, 0.15) is 16.7 Å². The third-order valence-corrected chi connectivity index (χ3v) is 13.4. The van der Waals surface area contributed by atoms with Crippen molar-refractivity contribution in [3.05, 3.63) is 58.1 Å². The molecular weight excluding hydrogens is 696 g/mol. The average Bonchev–Trinajstić information content (AvgIpc) is 3.40. The van der Waals surface area contributed by atoms with E-state index in [4.69, 9.17) is 21.1 Å². The summed E-state index contributed by atoms with van der Waals surface area (Å²) in [5, 5.41) is 0.690. The number of carbonyl (C=O) groups excluding carboxylic acids is 2. The quantitative estimate of drug-likeness (QED) is 0.337. The van der Waals surface area contributed by atoms with Crippen molar-refractivity contribution in [1.82, 2.24) is 14.5 Å². The number of nitrogens with one attached hydrogen (secondary N) is 1. The van der Waals surface area contributed by atoms with E-state index in [1.54, 1.807) is 13.2 Å². The molecule has 6 rings (SSSR count). The number of halogens is 1. The molecule has 0 radical (unpaired) electrons. The summed E-state index contributed by atoms with van der Waals surface area (Å²) in [4.78, 5) is 31.2. The van der Waals surface area contributed by atoms with Crippen LogP contribution >= 0.6 is 11.6 Å². The molecule has 6 atom stereocenters. The van der Waals surface area contributed by atoms with Crippen molar-refractivity contribution in [3.63, 3.8) is 0 Å². The zero-order valence-electron chi connectivity index (χ0n) is 32.0. The number of methoxy groups -OCH3 is 1. The van der Waals surface area contributed by atoms with Crippen molar-refractivity contribution < 1.29 is 23.3 Å². The van der Waals surface area contributed by atoms with E-state index in [2.05, 4.69) is 40.5 Å². The van der Waals surface area contributed by atoms with Crippen LogP contribution in [0.2, 0.25) is 5.02 Å². The summed E-state index contributed by atoms with van der Waals surface area (Å²) >= 11 is 6.39. The number of likely N-dealkylation sites (N-methyl/N-ethyl adjacent to an activating group) is 1. The monoisotopic (exact) mass is 756 g/mol. The summed E-state index contributed by atoms with van der Waals surface area (Å²) in [7, 11) is 2.22. The number of aryl methyl sites for hydroxylation is 1. The minimum atomic E-state index is -1.43. The molecule has 3 aliphatic heterocycles. The Hall–Kier alpha value is -2.66. The van der Waals surface area contributed by atoms with E-state index in [0.29, 0.717) is 37.2 Å². The van der Waals surface area contributed by atoms with Crippen LogP contribution in [-0.4, -0.2) is 97.7 Å². The maximum absolute atomic E-state index is 13.2. The fourth-order valence-corrected chi connectivity index (χ4v) is 9.30. The Bertz CT molecular complexity index is 1520. The van der Waals surface area contributed by atoms with Gasteiger partial charge in [-0.15, -0.1) is 0 Å². The predicted octanol–water partition coefficient (Wildman–Crippen LogP) is 7.09. The lowest BCUT2D eigenvalue weighted by molar-refractivity contribution is -0.131. The number of amides is 2. The molecule has 0 aromatic heterocycles. The number of hydrogen-bond donors (Lipinski definition) is 1. The molecule has 2 amide bonds. The van der Waals surface area contributed by atoms with Gasteiger partial charge in [0.15, 0.2) is 0 Å². The molecule has 2 aromatic rings. The van der Waals surface area contributed by atoms with Gasteiger partial charge in [-0.05, 0) is 105 Å². The number of fused-ring (bicyclic) bond motifs is 2. The highest BCUT2D eigenvalue weighted by Crippen LogP contribution is 2.43. The topological polar surface area (TPSA) is 91.4 Å². The number of benzene rings is 2. The fourth-order valence-electron chi connectivity index (χ4n) is 8.06. The number of hydrogen-bond acceptors (Lipinski definition) is 7. The van der Waals surface area contributed by atoms with Gasteiger partial charge in [-0.3, -0.25) is 19.2 Å². The molecule has 2 aromatic carbocycles. The Kier molecular flexibility index (Phi) is 15.3. The zero-order valence-corrected chi connectivity index (χ0v) is 33.6. The summed E-state index contributed by atoms with van der Waals surface area (Å²) in [6, 6.07) is 12.0. The molecule has 9 nitrogen and oxygen atoms in total. The van der Waals surface area contributed by atoms with Crippen LogP contribution in [0.3, 0.4) is 0 Å². The van der Waals surface area contributed by atoms with Crippen molar-refractivity contribution in [2.45, 2.75) is 89.7 Å². The van der Waals surface area contributed by atoms with Crippen LogP contribution in [0.4, 0.5) is 5.69 Å². The van der Waals surface area contributed by atoms with Crippen LogP contribution in [0.1, 0.15) is 99.5 Å². The van der Waals surface area contributed by atoms with E-state index in [9.17, 15) is 13.8 Å². The molecule has 1 N–H and O–H groups in total. The van der Waals surface area contributed by atoms with E-state index in [-0.39, 0.29) is 23.0 Å². The molecule has 2 fully saturated rings. The second-order valence-corrected chi connectivity index (χ2v) is 17.4. The molecule has 0 spiro atoms. The van der Waals surface area contributed by atoms with E-state index in [1.807, 2.05) is 37.1 Å². The normalized spacial score (nSPS) is 27.5. The van der Waals surface area contributed by atoms with Crippen LogP contribution in [0, 0.1) is 17.8 Å². The van der Waals surface area contributed by atoms with E-state index in [1.165, 1.54) is 36.8 Å². The van der Waals surface area contributed by atoms with Crippen molar-refractivity contribution in [2.24, 2.45) is 17.8 Å². The molecule has 11 heteroatoms. The molecule has 6 unspecified atom stereocenters. The van der Waals surface area contributed by atoms with Crippen LogP contribution in [0.5, 0.6) is 5.75 Å². The summed E-state index contributed by atoms with van der Waals surface area (Å²) in [5.41, 5.74) is 4.11. The maximum atomic E-state index is 13.2. The van der Waals surface area contributed by atoms with Gasteiger partial charge in [-0.1, -0.05) is 57.2 Å². The molecule has 3 heterocycles. The van der Waals surface area contributed by atoms with Gasteiger partial charge in [0.05, 0.1) is 30.7 Å². The minimum Gasteiger partial charge on any atom is -0.491 e. The third-order valence-electron chi connectivity index (χ3n) is 11.6. The molecule has 52 heavy (non-hydrogen) atoms. The van der Waals surface area contributed by atoms with Gasteiger partial charge in [-0.2, -0.15) is 0 Å². The minimum absolute atomic E-state index is 0.0867. The first-order chi connectivity index (χ1) is 25.1. The number of nitrogens with zero attached hydrogens (tertiary/aromatic N) is 3. The Morgan fingerprint density at radius 1 is 0.981 bits per heavy atom. The van der Waals surface area contributed by atoms with E-state index < -0.39 is 11.0 Å². The Balaban J connectivity index is 0.000000340. The summed E-state index contributed by atoms with van der Waals surface area (Å²) < 4.78 is 27.2. The first-order valence-corrected chi connectivity index (χ1v) is 21.1. The second-order valence-electron chi connectivity index (χ2n) is 15.4. The van der Waals surface area contributed by atoms with Crippen molar-refractivity contribution in [2.75, 3.05) is 71.5 Å². The van der Waals surface area contributed by atoms with E-state index in [0.717, 1.165) is 87.2 Å². The number of ether oxygens (including phenoxy) is 2. The van der Waals surface area contributed by atoms with Crippen molar-refractivity contribution >= 4 is 40.1 Å². The number of carbonyl (C=O) groups is 2. The Labute approximate surface area is 319 Å². The van der Waals surface area contributed by atoms with Crippen molar-refractivity contribution in [1.29, 1.82) is 0 Å². The van der Waals surface area contributed by atoms with Crippen LogP contribution in [0.25, 0.3) is 0 Å². The van der Waals surface area contributed by atoms with Gasteiger partial charge in [0.25, 0.3) is 5.91 Å². The molecule has 288 valence electrons. The molecule has 4 aliphatic rings. The van der Waals surface area contributed by atoms with Crippen LogP contribution in [-0.2, 0) is 26.9 Å². The predicted molar refractivity (Wildman–Crippen MR) is 212 cm³/mol. The van der Waals surface area contributed by atoms with Gasteiger partial charge in [-0.25, -0.2) is 4.21 Å². The maximum Gasteiger partial charge on any atom is 0.263 e. The fraction of sp³-hybridized carbons (Fsp3) is 0.659. The largest absolute Gasteiger partial charge is 0.491 e. The van der Waals surface area contributed by atoms with Gasteiger partial charge in [0.2, 0.25) is 5.91 Å². The molecule has 2 bridgehead atoms. The lowest BCUT2D eigenvalue weighted by Crippen LogP contribution is -2.40. The molecule has 1 saturated carbocycles. The van der Waals surface area contributed by atoms with Gasteiger partial charge in [0, 0.05) is 56.3 Å². The number of anilines is 1. The smallest absolute Gasteiger partial charge is 0.263 e. The lowest BCUT2D eigenvalue weighted by Gasteiger charge is -2.41. The summed E-state index contributed by atoms with van der Waals surface area (Å²) in [6.45, 7) is 12.5. The average molecular weight is 757 g/mol. The first-order valence-electron chi connectivity index (χ1n) is 19.5. The van der Waals surface area contributed by atoms with Gasteiger partial charge < -0.3 is 19.3 Å². The zero-order chi connectivity index (χ0) is 37.2. The molecular formula is C41H61ClN4O5S. The Morgan fingerprint density at radius 3 is 2.52 bits per heavy atom. The summed E-state index contributed by atoms with van der Waals surface area (Å²) in [6.07, 6.45) is 10.4. The van der Waals surface area contributed by atoms with Crippen LogP contribution in [0.15, 0.2) is 36.4 Å². The third kappa shape index (κ3) is 10.7. The number of rotatable bonds is 6. The molecule has 1 aliphatic carbocycles.